The molecule has 3 aromatic rings. The summed E-state index contributed by atoms with van der Waals surface area (Å²) in [5, 5.41) is 13.3. The fourth-order valence-electron chi connectivity index (χ4n) is 2.32. The summed E-state index contributed by atoms with van der Waals surface area (Å²) in [6.45, 7) is 1.93. The van der Waals surface area contributed by atoms with Crippen molar-refractivity contribution in [3.63, 3.8) is 0 Å². The van der Waals surface area contributed by atoms with Crippen LogP contribution in [0, 0.1) is 6.92 Å². The van der Waals surface area contributed by atoms with Crippen LogP contribution < -0.4 is 5.32 Å². The fraction of sp³-hybridized carbons (Fsp3) is 0.0588. The Labute approximate surface area is 135 Å². The number of aryl methyl sites for hydroxylation is 1. The smallest absolute Gasteiger partial charge is 0.335 e. The van der Waals surface area contributed by atoms with Gasteiger partial charge in [-0.3, -0.25) is 4.98 Å². The summed E-state index contributed by atoms with van der Waals surface area (Å²) in [5.74, 6) is -0.942. The molecule has 0 aliphatic heterocycles. The molecule has 22 heavy (non-hydrogen) atoms. The van der Waals surface area contributed by atoms with Crippen LogP contribution in [-0.4, -0.2) is 16.1 Å². The monoisotopic (exact) mass is 356 g/mol. The van der Waals surface area contributed by atoms with Crippen LogP contribution in [0.2, 0.25) is 0 Å². The van der Waals surface area contributed by atoms with E-state index >= 15 is 0 Å². The minimum Gasteiger partial charge on any atom is -0.478 e. The lowest BCUT2D eigenvalue weighted by Gasteiger charge is -2.11. The first-order chi connectivity index (χ1) is 10.5. The highest BCUT2D eigenvalue weighted by molar-refractivity contribution is 9.10. The van der Waals surface area contributed by atoms with Crippen LogP contribution in [0.3, 0.4) is 0 Å². The number of carbonyl (C=O) groups is 1. The van der Waals surface area contributed by atoms with Crippen LogP contribution in [0.25, 0.3) is 10.9 Å². The van der Waals surface area contributed by atoms with E-state index in [2.05, 4.69) is 26.2 Å². The number of halogens is 1. The molecule has 110 valence electrons. The molecule has 0 aliphatic carbocycles. The molecule has 1 aromatic heterocycles. The van der Waals surface area contributed by atoms with E-state index in [0.29, 0.717) is 0 Å². The summed E-state index contributed by atoms with van der Waals surface area (Å²) in [7, 11) is 0. The number of rotatable bonds is 3. The molecule has 0 fully saturated rings. The normalized spacial score (nSPS) is 10.6. The number of hydrogen-bond acceptors (Lipinski definition) is 3. The number of nitrogens with zero attached hydrogens (tertiary/aromatic N) is 1. The van der Waals surface area contributed by atoms with Gasteiger partial charge in [0.2, 0.25) is 0 Å². The molecular formula is C17H13BrN2O2. The Balaban J connectivity index is 2.08. The zero-order valence-electron chi connectivity index (χ0n) is 11.8. The summed E-state index contributed by atoms with van der Waals surface area (Å²) in [4.78, 5) is 15.6. The summed E-state index contributed by atoms with van der Waals surface area (Å²) >= 11 is 3.47. The maximum Gasteiger partial charge on any atom is 0.335 e. The number of carboxylic acids is 1. The summed E-state index contributed by atoms with van der Waals surface area (Å²) in [6.07, 6.45) is 0. The average Bonchev–Trinajstić information content (AvgIpc) is 2.48. The van der Waals surface area contributed by atoms with Gasteiger partial charge in [-0.15, -0.1) is 0 Å². The van der Waals surface area contributed by atoms with Gasteiger partial charge >= 0.3 is 5.97 Å². The second-order valence-electron chi connectivity index (χ2n) is 4.98. The van der Waals surface area contributed by atoms with Gasteiger partial charge in [-0.2, -0.15) is 0 Å². The number of hydrogen-bond donors (Lipinski definition) is 2. The van der Waals surface area contributed by atoms with Crippen molar-refractivity contribution < 1.29 is 9.90 Å². The third-order valence-corrected chi connectivity index (χ3v) is 3.78. The second kappa shape index (κ2) is 5.77. The molecule has 0 amide bonds. The molecule has 0 aliphatic rings. The van der Waals surface area contributed by atoms with Crippen molar-refractivity contribution in [3.05, 3.63) is 64.3 Å². The molecule has 0 saturated heterocycles. The summed E-state index contributed by atoms with van der Waals surface area (Å²) < 4.78 is 0.966. The number of aromatic nitrogens is 1. The van der Waals surface area contributed by atoms with Gasteiger partial charge in [0.25, 0.3) is 0 Å². The molecule has 3 rings (SSSR count). The van der Waals surface area contributed by atoms with Crippen LogP contribution in [0.1, 0.15) is 16.1 Å². The Morgan fingerprint density at radius 1 is 1.18 bits per heavy atom. The number of pyridine rings is 1. The molecule has 0 saturated carbocycles. The summed E-state index contributed by atoms with van der Waals surface area (Å²) in [5.41, 5.74) is 3.66. The Morgan fingerprint density at radius 2 is 2.00 bits per heavy atom. The summed E-state index contributed by atoms with van der Waals surface area (Å²) in [6, 6.07) is 14.6. The maximum absolute atomic E-state index is 11.1. The second-order valence-corrected chi connectivity index (χ2v) is 5.90. The lowest BCUT2D eigenvalue weighted by Crippen LogP contribution is -1.99. The van der Waals surface area contributed by atoms with E-state index in [1.54, 1.807) is 18.2 Å². The van der Waals surface area contributed by atoms with Crippen molar-refractivity contribution in [1.82, 2.24) is 4.98 Å². The fourth-order valence-corrected chi connectivity index (χ4v) is 2.68. The van der Waals surface area contributed by atoms with Gasteiger partial charge in [0.1, 0.15) is 0 Å². The van der Waals surface area contributed by atoms with Crippen molar-refractivity contribution in [2.45, 2.75) is 6.92 Å². The van der Waals surface area contributed by atoms with E-state index in [1.807, 2.05) is 37.3 Å². The van der Waals surface area contributed by atoms with E-state index < -0.39 is 5.97 Å². The molecule has 0 radical (unpaired) electrons. The van der Waals surface area contributed by atoms with Gasteiger partial charge in [-0.05, 0) is 49.4 Å². The van der Waals surface area contributed by atoms with E-state index in [-0.39, 0.29) is 5.56 Å². The molecule has 1 heterocycles. The van der Waals surface area contributed by atoms with Gasteiger partial charge in [0, 0.05) is 26.9 Å². The first kappa shape index (κ1) is 14.5. The first-order valence-corrected chi connectivity index (χ1v) is 7.49. The third kappa shape index (κ3) is 2.94. The van der Waals surface area contributed by atoms with Gasteiger partial charge in [-0.1, -0.05) is 22.0 Å². The van der Waals surface area contributed by atoms with Gasteiger partial charge in [0.15, 0.2) is 0 Å². The van der Waals surface area contributed by atoms with Gasteiger partial charge in [-0.25, -0.2) is 4.79 Å². The lowest BCUT2D eigenvalue weighted by atomic mass is 10.1. The van der Waals surface area contributed by atoms with Crippen molar-refractivity contribution in [2.24, 2.45) is 0 Å². The average molecular weight is 357 g/mol. The Hall–Kier alpha value is -2.40. The molecule has 2 aromatic carbocycles. The maximum atomic E-state index is 11.1. The first-order valence-electron chi connectivity index (χ1n) is 6.70. The standard InChI is InChI=1S/C17H13BrN2O2/c1-10-7-16(14-9-12(18)5-6-15(14)19-10)20-13-4-2-3-11(8-13)17(21)22/h2-9H,1H3,(H,19,20)(H,21,22). The SMILES string of the molecule is Cc1cc(Nc2cccc(C(=O)O)c2)c2cc(Br)ccc2n1. The van der Waals surface area contributed by atoms with Crippen LogP contribution in [0.4, 0.5) is 11.4 Å². The van der Waals surface area contributed by atoms with E-state index in [0.717, 1.165) is 32.4 Å². The van der Waals surface area contributed by atoms with Crippen LogP contribution >= 0.6 is 15.9 Å². The Bertz CT molecular complexity index is 878. The van der Waals surface area contributed by atoms with E-state index in [1.165, 1.54) is 0 Å². The molecule has 5 heteroatoms. The molecule has 2 N–H and O–H groups in total. The quantitative estimate of drug-likeness (QED) is 0.710. The van der Waals surface area contributed by atoms with Crippen LogP contribution in [0.15, 0.2) is 53.0 Å². The largest absolute Gasteiger partial charge is 0.478 e. The minimum atomic E-state index is -0.942. The molecule has 4 nitrogen and oxygen atoms in total. The minimum absolute atomic E-state index is 0.251. The highest BCUT2D eigenvalue weighted by atomic mass is 79.9. The Morgan fingerprint density at radius 3 is 2.77 bits per heavy atom. The lowest BCUT2D eigenvalue weighted by molar-refractivity contribution is 0.0697. The van der Waals surface area contributed by atoms with Crippen molar-refractivity contribution in [2.75, 3.05) is 5.32 Å². The number of anilines is 2. The number of carboxylic acid groups (broad SMARTS) is 1. The zero-order valence-corrected chi connectivity index (χ0v) is 13.4. The predicted octanol–water partition coefficient (Wildman–Crippen LogP) is 4.75. The number of nitrogens with one attached hydrogen (secondary N) is 1. The molecule has 0 unspecified atom stereocenters. The highest BCUT2D eigenvalue weighted by Crippen LogP contribution is 2.29. The van der Waals surface area contributed by atoms with Crippen molar-refractivity contribution in [1.29, 1.82) is 0 Å². The predicted molar refractivity (Wildman–Crippen MR) is 90.9 cm³/mol. The molecule has 0 spiro atoms. The molecular weight excluding hydrogens is 344 g/mol. The van der Waals surface area contributed by atoms with Crippen molar-refractivity contribution in [3.8, 4) is 0 Å². The van der Waals surface area contributed by atoms with Crippen LogP contribution in [0.5, 0.6) is 0 Å². The van der Waals surface area contributed by atoms with E-state index in [9.17, 15) is 4.79 Å². The van der Waals surface area contributed by atoms with Gasteiger partial charge in [0.05, 0.1) is 11.1 Å². The van der Waals surface area contributed by atoms with E-state index in [4.69, 9.17) is 5.11 Å². The number of fused-ring (bicyclic) bond motifs is 1. The van der Waals surface area contributed by atoms with Gasteiger partial charge < -0.3 is 10.4 Å². The Kier molecular flexibility index (Phi) is 3.81. The topological polar surface area (TPSA) is 62.2 Å². The number of benzene rings is 2. The number of aromatic carboxylic acids is 1. The van der Waals surface area contributed by atoms with Crippen molar-refractivity contribution >= 4 is 44.2 Å². The third-order valence-electron chi connectivity index (χ3n) is 3.29. The molecule has 0 bridgehead atoms. The zero-order chi connectivity index (χ0) is 15.7. The van der Waals surface area contributed by atoms with Crippen LogP contribution in [-0.2, 0) is 0 Å². The molecule has 0 atom stereocenters. The highest BCUT2D eigenvalue weighted by Gasteiger charge is 2.07.